The maximum absolute atomic E-state index is 12.5. The van der Waals surface area contributed by atoms with E-state index in [9.17, 15) is 4.79 Å². The fourth-order valence-corrected chi connectivity index (χ4v) is 3.01. The van der Waals surface area contributed by atoms with E-state index in [2.05, 4.69) is 15.4 Å². The van der Waals surface area contributed by atoms with Crippen LogP contribution in [0.4, 0.5) is 5.69 Å². The third-order valence-electron chi connectivity index (χ3n) is 4.40. The van der Waals surface area contributed by atoms with Crippen LogP contribution in [0.3, 0.4) is 0 Å². The lowest BCUT2D eigenvalue weighted by Crippen LogP contribution is -2.44. The number of amides is 1. The smallest absolute Gasteiger partial charge is 0.289 e. The van der Waals surface area contributed by atoms with Gasteiger partial charge < -0.3 is 15.1 Å². The van der Waals surface area contributed by atoms with Crippen LogP contribution in [0, 0.1) is 19.8 Å². The van der Waals surface area contributed by atoms with Gasteiger partial charge in [-0.3, -0.25) is 4.79 Å². The zero-order valence-electron chi connectivity index (χ0n) is 15.1. The van der Waals surface area contributed by atoms with Gasteiger partial charge in [-0.15, -0.1) is 10.2 Å². The van der Waals surface area contributed by atoms with Crippen molar-refractivity contribution in [2.45, 2.75) is 26.7 Å². The molecule has 1 atom stereocenters. The lowest BCUT2D eigenvalue weighted by atomic mass is 9.97. The number of hydrogen-bond acceptors (Lipinski definition) is 4. The minimum Gasteiger partial charge on any atom is -0.456 e. The predicted molar refractivity (Wildman–Crippen MR) is 99.4 cm³/mol. The molecule has 2 N–H and O–H groups in total. The van der Waals surface area contributed by atoms with E-state index in [1.165, 1.54) is 0 Å². The summed E-state index contributed by atoms with van der Waals surface area (Å²) < 4.78 is 5.43. The molecule has 0 saturated carbocycles. The Labute approximate surface area is 152 Å². The first-order chi connectivity index (χ1) is 12.5. The van der Waals surface area contributed by atoms with Gasteiger partial charge in [-0.25, -0.2) is 0 Å². The predicted octanol–water partition coefficient (Wildman–Crippen LogP) is 3.80. The van der Waals surface area contributed by atoms with Crippen LogP contribution in [0.25, 0.3) is 0 Å². The SMILES string of the molecule is Cc1cccc(N=NN=C(N)C2CCCN(C(=O)c3ccc(C)o3)C2)c1. The van der Waals surface area contributed by atoms with Gasteiger partial charge in [0.2, 0.25) is 0 Å². The molecule has 1 amide bonds. The van der Waals surface area contributed by atoms with Crippen LogP contribution in [-0.4, -0.2) is 29.7 Å². The summed E-state index contributed by atoms with van der Waals surface area (Å²) in [4.78, 5) is 14.3. The monoisotopic (exact) mass is 353 g/mol. The standard InChI is InChI=1S/C19H23N5O2/c1-13-5-3-7-16(11-13)21-23-22-18(20)15-6-4-10-24(12-15)19(25)17-9-8-14(2)26-17/h3,5,7-9,11,15H,4,6,10,12H2,1-2H3,(H2,20,21,22). The molecule has 7 heteroatoms. The van der Waals surface area contributed by atoms with Gasteiger partial charge >= 0.3 is 0 Å². The molecule has 2 heterocycles. The fraction of sp³-hybridized carbons (Fsp3) is 0.368. The maximum Gasteiger partial charge on any atom is 0.289 e. The summed E-state index contributed by atoms with van der Waals surface area (Å²) in [5.41, 5.74) is 7.92. The topological polar surface area (TPSA) is 96.5 Å². The van der Waals surface area contributed by atoms with Crippen LogP contribution in [-0.2, 0) is 0 Å². The van der Waals surface area contributed by atoms with Gasteiger partial charge in [0.1, 0.15) is 11.6 Å². The molecule has 2 aromatic rings. The molecular formula is C19H23N5O2. The second kappa shape index (κ2) is 7.95. The van der Waals surface area contributed by atoms with Gasteiger partial charge in [0.25, 0.3) is 5.91 Å². The lowest BCUT2D eigenvalue weighted by Gasteiger charge is -2.31. The third-order valence-corrected chi connectivity index (χ3v) is 4.40. The Hall–Kier alpha value is -2.96. The highest BCUT2D eigenvalue weighted by atomic mass is 16.3. The van der Waals surface area contributed by atoms with Crippen LogP contribution in [0.1, 0.15) is 34.7 Å². The van der Waals surface area contributed by atoms with Gasteiger partial charge in [-0.1, -0.05) is 12.1 Å². The molecule has 7 nitrogen and oxygen atoms in total. The number of amidine groups is 1. The lowest BCUT2D eigenvalue weighted by molar-refractivity contribution is 0.0669. The molecule has 1 aliphatic rings. The minimum atomic E-state index is -0.114. The average molecular weight is 353 g/mol. The second-order valence-electron chi connectivity index (χ2n) is 6.55. The van der Waals surface area contributed by atoms with Crippen molar-refractivity contribution in [3.8, 4) is 0 Å². The average Bonchev–Trinajstić information content (AvgIpc) is 3.07. The van der Waals surface area contributed by atoms with E-state index in [4.69, 9.17) is 10.2 Å². The highest BCUT2D eigenvalue weighted by Gasteiger charge is 2.28. The molecule has 1 fully saturated rings. The minimum absolute atomic E-state index is 0.0276. The van der Waals surface area contributed by atoms with Crippen molar-refractivity contribution in [1.82, 2.24) is 4.90 Å². The summed E-state index contributed by atoms with van der Waals surface area (Å²) in [5.74, 6) is 1.34. The molecule has 0 bridgehead atoms. The number of rotatable bonds is 4. The molecule has 1 saturated heterocycles. The zero-order valence-corrected chi connectivity index (χ0v) is 15.1. The van der Waals surface area contributed by atoms with Crippen molar-refractivity contribution >= 4 is 17.4 Å². The maximum atomic E-state index is 12.5. The van der Waals surface area contributed by atoms with Gasteiger partial charge in [-0.05, 0) is 61.7 Å². The normalized spacial score (nSPS) is 18.5. The molecule has 3 rings (SSSR count). The van der Waals surface area contributed by atoms with Crippen LogP contribution < -0.4 is 5.73 Å². The van der Waals surface area contributed by atoms with Crippen molar-refractivity contribution in [2.75, 3.05) is 13.1 Å². The Morgan fingerprint density at radius 3 is 2.85 bits per heavy atom. The van der Waals surface area contributed by atoms with E-state index in [0.29, 0.717) is 24.7 Å². The first kappa shape index (κ1) is 17.8. The van der Waals surface area contributed by atoms with E-state index in [0.717, 1.165) is 29.9 Å². The number of hydrogen-bond donors (Lipinski definition) is 1. The Morgan fingerprint density at radius 1 is 1.27 bits per heavy atom. The number of carbonyl (C=O) groups excluding carboxylic acids is 1. The highest BCUT2D eigenvalue weighted by Crippen LogP contribution is 2.20. The molecule has 0 spiro atoms. The van der Waals surface area contributed by atoms with E-state index >= 15 is 0 Å². The van der Waals surface area contributed by atoms with Crippen molar-refractivity contribution in [3.05, 3.63) is 53.5 Å². The highest BCUT2D eigenvalue weighted by molar-refractivity contribution is 5.92. The molecule has 136 valence electrons. The number of carbonyl (C=O) groups is 1. The Morgan fingerprint density at radius 2 is 2.12 bits per heavy atom. The number of nitrogens with two attached hydrogens (primary N) is 1. The molecule has 1 aromatic carbocycles. The van der Waals surface area contributed by atoms with Crippen LogP contribution in [0.2, 0.25) is 0 Å². The molecule has 1 aromatic heterocycles. The Bertz CT molecular complexity index is 840. The van der Waals surface area contributed by atoms with Gasteiger partial charge in [0.05, 0.1) is 5.69 Å². The quantitative estimate of drug-likeness (QED) is 0.392. The van der Waals surface area contributed by atoms with E-state index < -0.39 is 0 Å². The molecule has 26 heavy (non-hydrogen) atoms. The largest absolute Gasteiger partial charge is 0.456 e. The molecule has 0 aliphatic carbocycles. The number of nitrogens with zero attached hydrogens (tertiary/aromatic N) is 4. The fourth-order valence-electron chi connectivity index (χ4n) is 3.01. The van der Waals surface area contributed by atoms with Gasteiger partial charge in [0, 0.05) is 19.0 Å². The van der Waals surface area contributed by atoms with E-state index in [-0.39, 0.29) is 11.8 Å². The summed E-state index contributed by atoms with van der Waals surface area (Å²) in [6, 6.07) is 11.2. The summed E-state index contributed by atoms with van der Waals surface area (Å²) >= 11 is 0. The summed E-state index contributed by atoms with van der Waals surface area (Å²) in [6.45, 7) is 5.01. The number of likely N-dealkylation sites (tertiary alicyclic amines) is 1. The number of furan rings is 1. The molecule has 1 aliphatic heterocycles. The second-order valence-corrected chi connectivity index (χ2v) is 6.55. The van der Waals surface area contributed by atoms with Crippen molar-refractivity contribution in [2.24, 2.45) is 27.1 Å². The first-order valence-electron chi connectivity index (χ1n) is 8.69. The van der Waals surface area contributed by atoms with Crippen LogP contribution >= 0.6 is 0 Å². The van der Waals surface area contributed by atoms with E-state index in [1.54, 1.807) is 17.0 Å². The third kappa shape index (κ3) is 4.36. The summed E-state index contributed by atoms with van der Waals surface area (Å²) in [7, 11) is 0. The van der Waals surface area contributed by atoms with Crippen molar-refractivity contribution in [1.29, 1.82) is 0 Å². The molecule has 0 radical (unpaired) electrons. The van der Waals surface area contributed by atoms with Crippen molar-refractivity contribution < 1.29 is 9.21 Å². The van der Waals surface area contributed by atoms with Crippen LogP contribution in [0.15, 0.2) is 56.3 Å². The summed E-state index contributed by atoms with van der Waals surface area (Å²) in [6.07, 6.45) is 1.73. The van der Waals surface area contributed by atoms with Crippen LogP contribution in [0.5, 0.6) is 0 Å². The summed E-state index contributed by atoms with van der Waals surface area (Å²) in [5, 5.41) is 12.0. The Kier molecular flexibility index (Phi) is 5.46. The zero-order chi connectivity index (χ0) is 18.5. The number of benzene rings is 1. The Balaban J connectivity index is 1.63. The number of aryl methyl sites for hydroxylation is 2. The van der Waals surface area contributed by atoms with Gasteiger partial charge in [-0.2, -0.15) is 0 Å². The molecule has 1 unspecified atom stereocenters. The first-order valence-corrected chi connectivity index (χ1v) is 8.69. The van der Waals surface area contributed by atoms with Crippen molar-refractivity contribution in [3.63, 3.8) is 0 Å². The molecular weight excluding hydrogens is 330 g/mol. The van der Waals surface area contributed by atoms with E-state index in [1.807, 2.05) is 38.1 Å². The number of piperidine rings is 1. The van der Waals surface area contributed by atoms with Gasteiger partial charge in [0.15, 0.2) is 5.76 Å².